The van der Waals surface area contributed by atoms with Crippen LogP contribution in [0.25, 0.3) is 11.2 Å². The summed E-state index contributed by atoms with van der Waals surface area (Å²) in [6.07, 6.45) is 4.46. The number of aliphatic hydroxyl groups is 2. The highest BCUT2D eigenvalue weighted by Gasteiger charge is 2.37. The molecule has 10 nitrogen and oxygen atoms in total. The van der Waals surface area contributed by atoms with Crippen LogP contribution in [0.4, 0.5) is 5.82 Å². The third-order valence-electron chi connectivity index (χ3n) is 6.25. The number of nitrogens with one attached hydrogen (secondary N) is 1. The number of ether oxygens (including phenoxy) is 2. The summed E-state index contributed by atoms with van der Waals surface area (Å²) in [5.74, 6) is 0.199. The van der Waals surface area contributed by atoms with E-state index in [2.05, 4.69) is 20.3 Å². The van der Waals surface area contributed by atoms with Crippen molar-refractivity contribution in [3.05, 3.63) is 48.5 Å². The molecule has 0 amide bonds. The van der Waals surface area contributed by atoms with Crippen molar-refractivity contribution in [2.24, 2.45) is 0 Å². The van der Waals surface area contributed by atoms with Gasteiger partial charge in [-0.3, -0.25) is 4.57 Å². The van der Waals surface area contributed by atoms with Crippen molar-refractivity contribution in [3.63, 3.8) is 0 Å². The SMILES string of the molecule is O=C(OC[C@@H]1C[C@@H](O)[C@H](n2cnc3c(NC4CCC(O)CC4)ncnc32)O1)c1ccccc1. The van der Waals surface area contributed by atoms with E-state index in [0.29, 0.717) is 29.0 Å². The maximum Gasteiger partial charge on any atom is 0.338 e. The van der Waals surface area contributed by atoms with E-state index in [1.54, 1.807) is 35.2 Å². The van der Waals surface area contributed by atoms with E-state index in [1.807, 2.05) is 6.07 Å². The molecule has 1 aliphatic carbocycles. The number of carbonyl (C=O) groups excluding carboxylic acids is 1. The molecule has 3 heterocycles. The number of hydrogen-bond acceptors (Lipinski definition) is 9. The van der Waals surface area contributed by atoms with Crippen LogP contribution >= 0.6 is 0 Å². The number of esters is 1. The predicted molar refractivity (Wildman–Crippen MR) is 118 cm³/mol. The molecule has 5 rings (SSSR count). The fourth-order valence-corrected chi connectivity index (χ4v) is 4.47. The molecular formula is C23H27N5O5. The van der Waals surface area contributed by atoms with E-state index in [1.165, 1.54) is 6.33 Å². The minimum Gasteiger partial charge on any atom is -0.459 e. The summed E-state index contributed by atoms with van der Waals surface area (Å²) in [6.45, 7) is 0.0449. The zero-order valence-corrected chi connectivity index (χ0v) is 18.1. The highest BCUT2D eigenvalue weighted by Crippen LogP contribution is 2.32. The molecule has 10 heteroatoms. The van der Waals surface area contributed by atoms with E-state index >= 15 is 0 Å². The molecule has 2 aromatic heterocycles. The normalized spacial score (nSPS) is 27.5. The number of aliphatic hydroxyl groups excluding tert-OH is 2. The van der Waals surface area contributed by atoms with E-state index in [4.69, 9.17) is 9.47 Å². The molecule has 3 N–H and O–H groups in total. The minimum absolute atomic E-state index is 0.0449. The number of anilines is 1. The van der Waals surface area contributed by atoms with Crippen LogP contribution in [-0.4, -0.2) is 66.7 Å². The highest BCUT2D eigenvalue weighted by molar-refractivity contribution is 5.89. The topological polar surface area (TPSA) is 132 Å². The van der Waals surface area contributed by atoms with Crippen molar-refractivity contribution in [2.45, 2.75) is 62.7 Å². The van der Waals surface area contributed by atoms with Gasteiger partial charge in [0.1, 0.15) is 19.0 Å². The first kappa shape index (κ1) is 21.7. The van der Waals surface area contributed by atoms with Crippen LogP contribution < -0.4 is 5.32 Å². The van der Waals surface area contributed by atoms with Gasteiger partial charge in [0.05, 0.1) is 24.1 Å². The molecule has 2 aliphatic rings. The molecule has 1 aromatic carbocycles. The number of rotatable bonds is 6. The van der Waals surface area contributed by atoms with Gasteiger partial charge in [-0.25, -0.2) is 19.7 Å². The molecule has 3 atom stereocenters. The highest BCUT2D eigenvalue weighted by atomic mass is 16.6. The van der Waals surface area contributed by atoms with Crippen LogP contribution in [0.2, 0.25) is 0 Å². The number of fused-ring (bicyclic) bond motifs is 1. The van der Waals surface area contributed by atoms with Gasteiger partial charge in [-0.05, 0) is 37.8 Å². The van der Waals surface area contributed by atoms with Gasteiger partial charge < -0.3 is 25.0 Å². The second-order valence-electron chi connectivity index (χ2n) is 8.61. The third kappa shape index (κ3) is 4.68. The molecule has 1 saturated carbocycles. The molecule has 0 spiro atoms. The van der Waals surface area contributed by atoms with Crippen LogP contribution in [0, 0.1) is 0 Å². The van der Waals surface area contributed by atoms with Crippen molar-refractivity contribution in [3.8, 4) is 0 Å². The lowest BCUT2D eigenvalue weighted by Crippen LogP contribution is -2.28. The summed E-state index contributed by atoms with van der Waals surface area (Å²) in [5, 5.41) is 23.8. The van der Waals surface area contributed by atoms with Gasteiger partial charge in [-0.1, -0.05) is 18.2 Å². The van der Waals surface area contributed by atoms with Crippen molar-refractivity contribution in [1.29, 1.82) is 0 Å². The molecule has 1 saturated heterocycles. The Hall–Kier alpha value is -3.08. The van der Waals surface area contributed by atoms with Gasteiger partial charge >= 0.3 is 5.97 Å². The number of nitrogens with zero attached hydrogens (tertiary/aromatic N) is 4. The summed E-state index contributed by atoms with van der Waals surface area (Å²) >= 11 is 0. The third-order valence-corrected chi connectivity index (χ3v) is 6.25. The van der Waals surface area contributed by atoms with E-state index in [-0.39, 0.29) is 18.8 Å². The monoisotopic (exact) mass is 453 g/mol. The molecule has 0 radical (unpaired) electrons. The van der Waals surface area contributed by atoms with Gasteiger partial charge in [-0.2, -0.15) is 0 Å². The van der Waals surface area contributed by atoms with E-state index in [0.717, 1.165) is 25.7 Å². The second-order valence-corrected chi connectivity index (χ2v) is 8.61. The Morgan fingerprint density at radius 1 is 1.12 bits per heavy atom. The predicted octanol–water partition coefficient (Wildman–Crippen LogP) is 2.05. The zero-order valence-electron chi connectivity index (χ0n) is 18.1. The number of benzene rings is 1. The smallest absolute Gasteiger partial charge is 0.338 e. The molecule has 2 fully saturated rings. The first-order valence-corrected chi connectivity index (χ1v) is 11.3. The van der Waals surface area contributed by atoms with E-state index in [9.17, 15) is 15.0 Å². The first-order chi connectivity index (χ1) is 16.1. The van der Waals surface area contributed by atoms with Gasteiger partial charge in [0, 0.05) is 12.5 Å². The Morgan fingerprint density at radius 3 is 2.70 bits per heavy atom. The summed E-state index contributed by atoms with van der Waals surface area (Å²) in [5.41, 5.74) is 1.62. The minimum atomic E-state index is -0.797. The first-order valence-electron chi connectivity index (χ1n) is 11.3. The molecule has 0 unspecified atom stereocenters. The number of hydrogen-bond donors (Lipinski definition) is 3. The van der Waals surface area contributed by atoms with Crippen molar-refractivity contribution in [1.82, 2.24) is 19.5 Å². The Balaban J connectivity index is 1.26. The summed E-state index contributed by atoms with van der Waals surface area (Å²) in [7, 11) is 0. The number of imidazole rings is 1. The fraction of sp³-hybridized carbons (Fsp3) is 0.478. The lowest BCUT2D eigenvalue weighted by atomic mass is 9.93. The lowest BCUT2D eigenvalue weighted by Gasteiger charge is -2.26. The van der Waals surface area contributed by atoms with Crippen molar-refractivity contribution in [2.75, 3.05) is 11.9 Å². The Kier molecular flexibility index (Phi) is 6.21. The molecule has 0 bridgehead atoms. The molecule has 3 aromatic rings. The number of carbonyl (C=O) groups is 1. The summed E-state index contributed by atoms with van der Waals surface area (Å²) in [6, 6.07) is 8.97. The van der Waals surface area contributed by atoms with Crippen molar-refractivity contribution >= 4 is 23.0 Å². The average Bonchev–Trinajstić information content (AvgIpc) is 3.43. The average molecular weight is 453 g/mol. The Bertz CT molecular complexity index is 1100. The van der Waals surface area contributed by atoms with Crippen LogP contribution in [0.3, 0.4) is 0 Å². The largest absolute Gasteiger partial charge is 0.459 e. The van der Waals surface area contributed by atoms with Crippen molar-refractivity contribution < 1.29 is 24.5 Å². The van der Waals surface area contributed by atoms with Gasteiger partial charge in [0.15, 0.2) is 23.2 Å². The summed E-state index contributed by atoms with van der Waals surface area (Å²) in [4.78, 5) is 25.4. The van der Waals surface area contributed by atoms with Crippen LogP contribution in [0.15, 0.2) is 43.0 Å². The van der Waals surface area contributed by atoms with Gasteiger partial charge in [0.2, 0.25) is 0 Å². The van der Waals surface area contributed by atoms with E-state index < -0.39 is 24.4 Å². The second kappa shape index (κ2) is 9.42. The maximum atomic E-state index is 12.2. The summed E-state index contributed by atoms with van der Waals surface area (Å²) < 4.78 is 13.1. The molecule has 33 heavy (non-hydrogen) atoms. The Morgan fingerprint density at radius 2 is 1.91 bits per heavy atom. The Labute approximate surface area is 190 Å². The van der Waals surface area contributed by atoms with Gasteiger partial charge in [-0.15, -0.1) is 0 Å². The zero-order chi connectivity index (χ0) is 22.8. The lowest BCUT2D eigenvalue weighted by molar-refractivity contribution is -0.0531. The standard InChI is InChI=1S/C23H27N5O5/c29-16-8-6-15(7-9-16)27-20-19-21(25-12-24-20)28(13-26-19)22-18(30)10-17(33-22)11-32-23(31)14-4-2-1-3-5-14/h1-5,12-13,15-18,22,29-30H,6-11H2,(H,24,25,27)/t15?,16?,17-,18+,22+/m0/s1. The fourth-order valence-electron chi connectivity index (χ4n) is 4.47. The van der Waals surface area contributed by atoms with Crippen LogP contribution in [0.5, 0.6) is 0 Å². The number of aromatic nitrogens is 4. The molecular weight excluding hydrogens is 426 g/mol. The molecule has 1 aliphatic heterocycles. The van der Waals surface area contributed by atoms with Crippen LogP contribution in [-0.2, 0) is 9.47 Å². The van der Waals surface area contributed by atoms with Crippen LogP contribution in [0.1, 0.15) is 48.7 Å². The van der Waals surface area contributed by atoms with Gasteiger partial charge in [0.25, 0.3) is 0 Å². The molecule has 174 valence electrons. The quantitative estimate of drug-likeness (QED) is 0.480. The maximum absolute atomic E-state index is 12.2.